The van der Waals surface area contributed by atoms with Gasteiger partial charge in [0.05, 0.1) is 23.6 Å². The second kappa shape index (κ2) is 11.0. The van der Waals surface area contributed by atoms with Crippen LogP contribution in [0.2, 0.25) is 0 Å². The summed E-state index contributed by atoms with van der Waals surface area (Å²) < 4.78 is 7.08. The fourth-order valence-corrected chi connectivity index (χ4v) is 4.29. The summed E-state index contributed by atoms with van der Waals surface area (Å²) >= 11 is 0. The number of carbonyl (C=O) groups excluding carboxylic acids is 1. The van der Waals surface area contributed by atoms with E-state index in [2.05, 4.69) is 20.8 Å². The Morgan fingerprint density at radius 1 is 1.09 bits per heavy atom. The Balaban J connectivity index is 2.10. The monoisotopic (exact) mass is 463 g/mol. The van der Waals surface area contributed by atoms with E-state index in [9.17, 15) is 9.59 Å². The van der Waals surface area contributed by atoms with Gasteiger partial charge < -0.3 is 9.64 Å². The number of methoxy groups -OCH3 is 1. The number of fused-ring (bicyclic) bond motifs is 1. The van der Waals surface area contributed by atoms with E-state index in [1.807, 2.05) is 62.4 Å². The molecular formula is C28H37N3O3. The fraction of sp³-hybridized carbons (Fsp3) is 0.464. The molecule has 3 aromatic rings. The average molecular weight is 464 g/mol. The third-order valence-corrected chi connectivity index (χ3v) is 6.19. The molecule has 1 atom stereocenters. The smallest absolute Gasteiger partial charge is 0.261 e. The lowest BCUT2D eigenvalue weighted by atomic mass is 9.86. The Labute approximate surface area is 202 Å². The van der Waals surface area contributed by atoms with Crippen molar-refractivity contribution in [1.29, 1.82) is 0 Å². The maximum atomic E-state index is 13.8. The number of nitrogens with zero attached hydrogens (tertiary/aromatic N) is 3. The van der Waals surface area contributed by atoms with Gasteiger partial charge in [-0.3, -0.25) is 14.2 Å². The largest absolute Gasteiger partial charge is 0.383 e. The molecule has 1 heterocycles. The van der Waals surface area contributed by atoms with E-state index in [0.29, 0.717) is 48.4 Å². The molecular weight excluding hydrogens is 426 g/mol. The Bertz CT molecular complexity index is 1180. The fourth-order valence-electron chi connectivity index (χ4n) is 4.29. The van der Waals surface area contributed by atoms with Gasteiger partial charge >= 0.3 is 0 Å². The first-order valence-electron chi connectivity index (χ1n) is 12.1. The summed E-state index contributed by atoms with van der Waals surface area (Å²) in [5.41, 5.74) is 2.39. The molecule has 0 aliphatic heterocycles. The lowest BCUT2D eigenvalue weighted by molar-refractivity contribution is 0.0576. The lowest BCUT2D eigenvalue weighted by Gasteiger charge is -2.32. The van der Waals surface area contributed by atoms with Crippen LogP contribution in [0, 0.1) is 0 Å². The number of ether oxygens (including phenoxy) is 1. The molecule has 0 saturated heterocycles. The van der Waals surface area contributed by atoms with Gasteiger partial charge in [0.25, 0.3) is 11.5 Å². The highest BCUT2D eigenvalue weighted by Crippen LogP contribution is 2.27. The molecule has 2 aromatic carbocycles. The molecule has 6 nitrogen and oxygen atoms in total. The predicted octanol–water partition coefficient (Wildman–Crippen LogP) is 5.34. The van der Waals surface area contributed by atoms with E-state index in [1.165, 1.54) is 5.56 Å². The molecule has 0 radical (unpaired) electrons. The molecule has 1 unspecified atom stereocenters. The Morgan fingerprint density at radius 3 is 2.35 bits per heavy atom. The van der Waals surface area contributed by atoms with Gasteiger partial charge in [-0.2, -0.15) is 0 Å². The normalized spacial score (nSPS) is 12.6. The van der Waals surface area contributed by atoms with Crippen molar-refractivity contribution in [3.8, 4) is 0 Å². The zero-order chi connectivity index (χ0) is 24.9. The molecule has 0 aliphatic rings. The molecule has 182 valence electrons. The summed E-state index contributed by atoms with van der Waals surface area (Å²) in [7, 11) is 1.63. The summed E-state index contributed by atoms with van der Waals surface area (Å²) in [6.07, 6.45) is 1.42. The molecule has 1 amide bonds. The van der Waals surface area contributed by atoms with Gasteiger partial charge in [0, 0.05) is 25.8 Å². The number of benzene rings is 2. The summed E-state index contributed by atoms with van der Waals surface area (Å²) in [5, 5.41) is 0.599. The van der Waals surface area contributed by atoms with Crippen molar-refractivity contribution in [3.63, 3.8) is 0 Å². The highest BCUT2D eigenvalue weighted by molar-refractivity contribution is 5.94. The first kappa shape index (κ1) is 25.6. The molecule has 6 heteroatoms. The van der Waals surface area contributed by atoms with Crippen LogP contribution in [0.1, 0.15) is 75.2 Å². The average Bonchev–Trinajstić information content (AvgIpc) is 2.83. The number of para-hydroxylation sites is 1. The molecule has 0 saturated carbocycles. The number of carbonyl (C=O) groups is 1. The minimum absolute atomic E-state index is 0.00844. The predicted molar refractivity (Wildman–Crippen MR) is 137 cm³/mol. The van der Waals surface area contributed by atoms with Crippen LogP contribution < -0.4 is 5.56 Å². The van der Waals surface area contributed by atoms with Gasteiger partial charge in [-0.15, -0.1) is 0 Å². The number of aromatic nitrogens is 2. The molecule has 0 spiro atoms. The summed E-state index contributed by atoms with van der Waals surface area (Å²) in [5.74, 6) is 0.540. The minimum Gasteiger partial charge on any atom is -0.383 e. The van der Waals surface area contributed by atoms with E-state index >= 15 is 0 Å². The Morgan fingerprint density at radius 2 is 1.76 bits per heavy atom. The van der Waals surface area contributed by atoms with Gasteiger partial charge in [-0.25, -0.2) is 4.98 Å². The van der Waals surface area contributed by atoms with Crippen LogP contribution in [0.3, 0.4) is 0 Å². The van der Waals surface area contributed by atoms with Crippen LogP contribution in [0.25, 0.3) is 10.9 Å². The molecule has 0 N–H and O–H groups in total. The third kappa shape index (κ3) is 5.39. The molecule has 3 rings (SSSR count). The van der Waals surface area contributed by atoms with Gasteiger partial charge in [0.1, 0.15) is 5.82 Å². The van der Waals surface area contributed by atoms with Crippen LogP contribution in [0.4, 0.5) is 0 Å². The zero-order valence-corrected chi connectivity index (χ0v) is 21.3. The van der Waals surface area contributed by atoms with Crippen LogP contribution in [0.5, 0.6) is 0 Å². The van der Waals surface area contributed by atoms with Gasteiger partial charge in [0.2, 0.25) is 0 Å². The molecule has 0 bridgehead atoms. The second-order valence-electron chi connectivity index (χ2n) is 9.69. The maximum Gasteiger partial charge on any atom is 0.261 e. The van der Waals surface area contributed by atoms with Crippen molar-refractivity contribution in [3.05, 3.63) is 75.8 Å². The summed E-state index contributed by atoms with van der Waals surface area (Å²) in [6, 6.07) is 14.9. The summed E-state index contributed by atoms with van der Waals surface area (Å²) in [4.78, 5) is 33.8. The highest BCUT2D eigenvalue weighted by atomic mass is 16.5. The highest BCUT2D eigenvalue weighted by Gasteiger charge is 2.29. The topological polar surface area (TPSA) is 64.4 Å². The number of rotatable bonds is 9. The van der Waals surface area contributed by atoms with Gasteiger partial charge in [-0.05, 0) is 48.1 Å². The van der Waals surface area contributed by atoms with Crippen molar-refractivity contribution in [2.24, 2.45) is 0 Å². The van der Waals surface area contributed by atoms with Crippen molar-refractivity contribution in [1.82, 2.24) is 14.5 Å². The lowest BCUT2D eigenvalue weighted by Crippen LogP contribution is -2.40. The van der Waals surface area contributed by atoms with E-state index in [4.69, 9.17) is 9.72 Å². The molecule has 0 fully saturated rings. The number of hydrogen-bond acceptors (Lipinski definition) is 4. The molecule has 0 aliphatic carbocycles. The summed E-state index contributed by atoms with van der Waals surface area (Å²) in [6.45, 7) is 11.9. The molecule has 1 aromatic heterocycles. The van der Waals surface area contributed by atoms with Crippen LogP contribution in [-0.4, -0.2) is 40.6 Å². The zero-order valence-electron chi connectivity index (χ0n) is 21.3. The second-order valence-corrected chi connectivity index (χ2v) is 9.69. The van der Waals surface area contributed by atoms with Crippen molar-refractivity contribution < 1.29 is 9.53 Å². The number of hydrogen-bond donors (Lipinski definition) is 0. The van der Waals surface area contributed by atoms with Gasteiger partial charge in [0.15, 0.2) is 0 Å². The van der Waals surface area contributed by atoms with E-state index in [1.54, 1.807) is 16.6 Å². The number of amides is 1. The minimum atomic E-state index is -0.353. The Kier molecular flexibility index (Phi) is 8.26. The van der Waals surface area contributed by atoms with Crippen LogP contribution >= 0.6 is 0 Å². The molecule has 34 heavy (non-hydrogen) atoms. The van der Waals surface area contributed by atoms with E-state index < -0.39 is 0 Å². The van der Waals surface area contributed by atoms with E-state index in [0.717, 1.165) is 6.42 Å². The van der Waals surface area contributed by atoms with Crippen molar-refractivity contribution in [2.45, 2.75) is 65.5 Å². The quantitative estimate of drug-likeness (QED) is 0.429. The standard InChI is InChI=1S/C28H37N3O3/c1-7-17-31-25(29-23-12-10-9-11-22(23)27(31)33)24(8-2)30(18-19-34-6)26(32)20-13-15-21(16-14-20)28(3,4)5/h9-16,24H,7-8,17-19H2,1-6H3. The maximum absolute atomic E-state index is 13.8. The van der Waals surface area contributed by atoms with Crippen LogP contribution in [-0.2, 0) is 16.7 Å². The van der Waals surface area contributed by atoms with Gasteiger partial charge in [-0.1, -0.05) is 58.9 Å². The van der Waals surface area contributed by atoms with Crippen LogP contribution in [0.15, 0.2) is 53.3 Å². The Hall–Kier alpha value is -2.99. The SMILES string of the molecule is CCCn1c(C(CC)N(CCOC)C(=O)c2ccc(C(C)(C)C)cc2)nc2ccccc2c1=O. The first-order valence-corrected chi connectivity index (χ1v) is 12.1. The third-order valence-electron chi connectivity index (χ3n) is 6.19. The van der Waals surface area contributed by atoms with Crippen molar-refractivity contribution in [2.75, 3.05) is 20.3 Å². The first-order chi connectivity index (χ1) is 16.2. The van der Waals surface area contributed by atoms with E-state index in [-0.39, 0.29) is 22.9 Å². The van der Waals surface area contributed by atoms with Crippen molar-refractivity contribution >= 4 is 16.8 Å².